The van der Waals surface area contributed by atoms with Crippen LogP contribution in [-0.2, 0) is 17.5 Å². The fourth-order valence-electron chi connectivity index (χ4n) is 3.92. The third kappa shape index (κ3) is 6.63. The van der Waals surface area contributed by atoms with Crippen LogP contribution in [0, 0.1) is 0 Å². The number of hydrogen-bond donors (Lipinski definition) is 1. The molecule has 0 radical (unpaired) electrons. The van der Waals surface area contributed by atoms with Crippen molar-refractivity contribution in [2.24, 2.45) is 0 Å². The van der Waals surface area contributed by atoms with Gasteiger partial charge in [0.15, 0.2) is 5.69 Å². The first-order valence-corrected chi connectivity index (χ1v) is 12.8. The van der Waals surface area contributed by atoms with Crippen LogP contribution in [0.25, 0.3) is 11.3 Å². The molecule has 8 nitrogen and oxygen atoms in total. The van der Waals surface area contributed by atoms with Crippen molar-refractivity contribution in [3.63, 3.8) is 0 Å². The minimum absolute atomic E-state index is 0.0548. The molecule has 0 aliphatic heterocycles. The Morgan fingerprint density at radius 1 is 1.02 bits per heavy atom. The van der Waals surface area contributed by atoms with E-state index in [2.05, 4.69) is 20.2 Å². The van der Waals surface area contributed by atoms with Crippen molar-refractivity contribution in [1.82, 2.24) is 10.1 Å². The predicted octanol–water partition coefficient (Wildman–Crippen LogP) is 7.80. The summed E-state index contributed by atoms with van der Waals surface area (Å²) in [7, 11) is 1.17. The monoisotopic (exact) mass is 607 g/mol. The summed E-state index contributed by atoms with van der Waals surface area (Å²) in [4.78, 5) is 28.1. The summed E-state index contributed by atoms with van der Waals surface area (Å²) in [5.74, 6) is -1.67. The van der Waals surface area contributed by atoms with Crippen molar-refractivity contribution in [3.05, 3.63) is 92.8 Å². The lowest BCUT2D eigenvalue weighted by atomic mass is 10.0. The van der Waals surface area contributed by atoms with E-state index in [1.807, 2.05) is 13.8 Å². The Bertz CT molecular complexity index is 1590. The predicted molar refractivity (Wildman–Crippen MR) is 145 cm³/mol. The maximum Gasteiger partial charge on any atom is 0.435 e. The van der Waals surface area contributed by atoms with Crippen molar-refractivity contribution in [3.8, 4) is 17.1 Å². The number of anilines is 1. The number of amides is 1. The van der Waals surface area contributed by atoms with Crippen LogP contribution in [0.5, 0.6) is 5.88 Å². The molecule has 0 aliphatic carbocycles. The molecule has 4 rings (SSSR count). The molecule has 13 heteroatoms. The second-order valence-electron chi connectivity index (χ2n) is 8.98. The summed E-state index contributed by atoms with van der Waals surface area (Å²) in [6.07, 6.45) is -4.94. The number of rotatable bonds is 8. The maximum absolute atomic E-state index is 14.0. The van der Waals surface area contributed by atoms with Gasteiger partial charge in [-0.25, -0.2) is 9.78 Å². The van der Waals surface area contributed by atoms with Gasteiger partial charge < -0.3 is 19.3 Å². The minimum Gasteiger partial charge on any atom is -0.473 e. The van der Waals surface area contributed by atoms with E-state index in [1.165, 1.54) is 37.4 Å². The molecule has 0 bridgehead atoms. The van der Waals surface area contributed by atoms with Crippen molar-refractivity contribution in [2.45, 2.75) is 32.5 Å². The summed E-state index contributed by atoms with van der Waals surface area (Å²) in [6, 6.07) is 12.5. The van der Waals surface area contributed by atoms with Crippen molar-refractivity contribution in [1.29, 1.82) is 0 Å². The molecular weight excluding hydrogens is 586 g/mol. The van der Waals surface area contributed by atoms with Crippen molar-refractivity contribution < 1.29 is 36.8 Å². The number of alkyl halides is 3. The van der Waals surface area contributed by atoms with Crippen molar-refractivity contribution >= 4 is 40.8 Å². The van der Waals surface area contributed by atoms with Gasteiger partial charge >= 0.3 is 12.1 Å². The number of nitrogens with zero attached hydrogens (tertiary/aromatic N) is 2. The lowest BCUT2D eigenvalue weighted by Gasteiger charge is -2.15. The third-order valence-electron chi connectivity index (χ3n) is 5.84. The van der Waals surface area contributed by atoms with Crippen LogP contribution in [0.1, 0.15) is 57.5 Å². The quantitative estimate of drug-likeness (QED) is 0.204. The Morgan fingerprint density at radius 2 is 1.68 bits per heavy atom. The molecule has 41 heavy (non-hydrogen) atoms. The number of halogens is 5. The fourth-order valence-corrected chi connectivity index (χ4v) is 4.50. The zero-order valence-electron chi connectivity index (χ0n) is 21.8. The number of nitrogens with one attached hydrogen (secondary N) is 1. The van der Waals surface area contributed by atoms with Gasteiger partial charge in [0, 0.05) is 23.1 Å². The highest BCUT2D eigenvalue weighted by molar-refractivity contribution is 6.39. The molecule has 0 spiro atoms. The number of esters is 1. The highest BCUT2D eigenvalue weighted by Gasteiger charge is 2.37. The summed E-state index contributed by atoms with van der Waals surface area (Å²) in [5.41, 5.74) is -0.855. The molecule has 2 heterocycles. The lowest BCUT2D eigenvalue weighted by Crippen LogP contribution is -2.19. The zero-order valence-corrected chi connectivity index (χ0v) is 23.3. The van der Waals surface area contributed by atoms with Gasteiger partial charge in [-0.2, -0.15) is 13.2 Å². The molecule has 0 unspecified atom stereocenters. The molecule has 1 N–H and O–H groups in total. The molecule has 0 fully saturated rings. The standard InChI is InChI=1S/C28H22Cl2F3N3O5/c1-14(2)24-17(23(36-41-24)22-18(29)8-5-9-19(22)30)13-40-21-11-10-20(25(35-21)28(31,32)33)34-26(37)15-6-4-7-16(12-15)27(38)39-3/h4-12,14H,13H2,1-3H3,(H,34,37). The smallest absolute Gasteiger partial charge is 0.435 e. The van der Waals surface area contributed by atoms with E-state index in [4.69, 9.17) is 32.5 Å². The second kappa shape index (κ2) is 12.2. The van der Waals surface area contributed by atoms with Gasteiger partial charge in [0.05, 0.1) is 34.0 Å². The summed E-state index contributed by atoms with van der Waals surface area (Å²) >= 11 is 12.7. The minimum atomic E-state index is -4.94. The normalized spacial score (nSPS) is 11.4. The van der Waals surface area contributed by atoms with Gasteiger partial charge in [0.1, 0.15) is 18.1 Å². The average molecular weight is 608 g/mol. The number of ether oxygens (including phenoxy) is 2. The zero-order chi connectivity index (χ0) is 29.9. The molecule has 0 saturated heterocycles. The van der Waals surface area contributed by atoms with Gasteiger partial charge in [-0.3, -0.25) is 4.79 Å². The van der Waals surface area contributed by atoms with Gasteiger partial charge in [-0.1, -0.05) is 54.3 Å². The number of carbonyl (C=O) groups is 2. The van der Waals surface area contributed by atoms with Gasteiger partial charge in [-0.15, -0.1) is 0 Å². The first-order chi connectivity index (χ1) is 19.4. The van der Waals surface area contributed by atoms with E-state index in [0.29, 0.717) is 32.6 Å². The van der Waals surface area contributed by atoms with Crippen molar-refractivity contribution in [2.75, 3.05) is 12.4 Å². The van der Waals surface area contributed by atoms with E-state index >= 15 is 0 Å². The molecule has 2 aromatic carbocycles. The number of pyridine rings is 1. The van der Waals surface area contributed by atoms with Gasteiger partial charge in [0.25, 0.3) is 5.91 Å². The average Bonchev–Trinajstić information content (AvgIpc) is 3.35. The van der Waals surface area contributed by atoms with Crippen LogP contribution >= 0.6 is 23.2 Å². The Morgan fingerprint density at radius 3 is 2.32 bits per heavy atom. The van der Waals surface area contributed by atoms with E-state index in [-0.39, 0.29) is 29.5 Å². The number of benzene rings is 2. The molecule has 0 aliphatic rings. The van der Waals surface area contributed by atoms with Gasteiger partial charge in [-0.05, 0) is 36.4 Å². The fraction of sp³-hybridized carbons (Fsp3) is 0.214. The van der Waals surface area contributed by atoms with Crippen LogP contribution in [0.4, 0.5) is 18.9 Å². The second-order valence-corrected chi connectivity index (χ2v) is 9.80. The molecule has 2 aromatic heterocycles. The molecule has 1 amide bonds. The number of hydrogen-bond acceptors (Lipinski definition) is 7. The SMILES string of the molecule is COC(=O)c1cccc(C(=O)Nc2ccc(OCc3c(-c4c(Cl)cccc4Cl)noc3C(C)C)nc2C(F)(F)F)c1. The Balaban J connectivity index is 1.63. The maximum atomic E-state index is 14.0. The molecule has 0 saturated carbocycles. The highest BCUT2D eigenvalue weighted by Crippen LogP contribution is 2.39. The highest BCUT2D eigenvalue weighted by atomic mass is 35.5. The molecule has 4 aromatic rings. The first kappa shape index (κ1) is 29.9. The van der Waals surface area contributed by atoms with E-state index in [1.54, 1.807) is 18.2 Å². The van der Waals surface area contributed by atoms with Gasteiger partial charge in [0.2, 0.25) is 5.88 Å². The van der Waals surface area contributed by atoms with E-state index in [9.17, 15) is 22.8 Å². The Hall–Kier alpha value is -4.09. The largest absolute Gasteiger partial charge is 0.473 e. The lowest BCUT2D eigenvalue weighted by molar-refractivity contribution is -0.140. The summed E-state index contributed by atoms with van der Waals surface area (Å²) < 4.78 is 57.7. The van der Waals surface area contributed by atoms with E-state index in [0.717, 1.165) is 6.07 Å². The van der Waals surface area contributed by atoms with Crippen LogP contribution in [-0.4, -0.2) is 29.1 Å². The van der Waals surface area contributed by atoms with Crippen LogP contribution in [0.2, 0.25) is 10.0 Å². The van der Waals surface area contributed by atoms with Crippen LogP contribution < -0.4 is 10.1 Å². The summed E-state index contributed by atoms with van der Waals surface area (Å²) in [5, 5.41) is 6.90. The van der Waals surface area contributed by atoms with E-state index < -0.39 is 29.4 Å². The van der Waals surface area contributed by atoms with Crippen LogP contribution in [0.15, 0.2) is 59.1 Å². The Labute approximate surface area is 242 Å². The number of methoxy groups -OCH3 is 1. The third-order valence-corrected chi connectivity index (χ3v) is 6.47. The molecular formula is C28H22Cl2F3N3O5. The summed E-state index contributed by atoms with van der Waals surface area (Å²) in [6.45, 7) is 3.44. The number of carbonyl (C=O) groups excluding carboxylic acids is 2. The molecule has 214 valence electrons. The topological polar surface area (TPSA) is 104 Å². The first-order valence-electron chi connectivity index (χ1n) is 12.0. The molecule has 0 atom stereocenters. The Kier molecular flexibility index (Phi) is 8.89. The van der Waals surface area contributed by atoms with Crippen LogP contribution in [0.3, 0.4) is 0 Å². The number of aromatic nitrogens is 2.